The highest BCUT2D eigenvalue weighted by atomic mass is 32.2. The van der Waals surface area contributed by atoms with Crippen LogP contribution in [0.1, 0.15) is 71.4 Å². The fourth-order valence-electron chi connectivity index (χ4n) is 6.85. The van der Waals surface area contributed by atoms with Crippen LogP contribution in [0.4, 0.5) is 0 Å². The average Bonchev–Trinajstić information content (AvgIpc) is 3.23. The molecule has 0 radical (unpaired) electrons. The van der Waals surface area contributed by atoms with Crippen LogP contribution in [-0.2, 0) is 50.4 Å². The summed E-state index contributed by atoms with van der Waals surface area (Å²) in [6.45, 7) is 4.56. The summed E-state index contributed by atoms with van der Waals surface area (Å²) < 4.78 is 39.0. The molecule has 17 heteroatoms. The molecule has 4 amide bonds. The van der Waals surface area contributed by atoms with Crippen LogP contribution in [0.3, 0.4) is 0 Å². The van der Waals surface area contributed by atoms with Crippen molar-refractivity contribution < 1.29 is 42.1 Å². The van der Waals surface area contributed by atoms with Crippen LogP contribution >= 0.6 is 0 Å². The summed E-state index contributed by atoms with van der Waals surface area (Å²) in [5, 5.41) is 21.9. The van der Waals surface area contributed by atoms with Crippen LogP contribution < -0.4 is 32.0 Å². The summed E-state index contributed by atoms with van der Waals surface area (Å²) in [4.78, 5) is 57.3. The number of hydroxylamine groups is 1. The molecule has 4 aromatic rings. The van der Waals surface area contributed by atoms with Gasteiger partial charge in [-0.2, -0.15) is 13.5 Å². The second-order valence-corrected chi connectivity index (χ2v) is 16.1. The number of nitrogens with one attached hydrogen (secondary N) is 4. The van der Waals surface area contributed by atoms with Crippen LogP contribution in [0, 0.1) is 17.8 Å². The number of nitrogens with two attached hydrogens (primary N) is 1. The number of hydrogen-bond donors (Lipinski definition) is 7. The number of nitrogens with zero attached hydrogens (tertiary/aromatic N) is 2. The molecule has 2 bridgehead atoms. The molecule has 312 valence electrons. The number of amides is 4. The third kappa shape index (κ3) is 12.4. The maximum absolute atomic E-state index is 13.8. The van der Waals surface area contributed by atoms with Gasteiger partial charge < -0.3 is 26.5 Å². The fourth-order valence-corrected chi connectivity index (χ4v) is 7.58. The molecule has 3 atom stereocenters. The highest BCUT2D eigenvalue weighted by Gasteiger charge is 2.36. The summed E-state index contributed by atoms with van der Waals surface area (Å²) in [6, 6.07) is 22.5. The SMILES string of the molecule is CC(C)CC1C(=O)NC(C(=O)NCc2ccc(CNC(=O)c3ccc(C(Cc4ccccc4S(=O)(=O)O)=NN)nc3)cc2)Cc2ccc(cc2)OCCCC1C(=O)NO. The lowest BCUT2D eigenvalue weighted by Crippen LogP contribution is -2.51. The van der Waals surface area contributed by atoms with Crippen LogP contribution in [0.2, 0.25) is 0 Å². The van der Waals surface area contributed by atoms with Gasteiger partial charge in [-0.05, 0) is 77.8 Å². The number of ether oxygens (including phenoxy) is 1. The summed E-state index contributed by atoms with van der Waals surface area (Å²) in [7, 11) is -4.47. The molecule has 2 aliphatic heterocycles. The molecule has 0 saturated carbocycles. The first kappa shape index (κ1) is 43.9. The van der Waals surface area contributed by atoms with E-state index < -0.39 is 51.6 Å². The Morgan fingerprint density at radius 3 is 2.24 bits per heavy atom. The Bertz CT molecular complexity index is 2230. The number of rotatable bonds is 13. The Balaban J connectivity index is 1.19. The van der Waals surface area contributed by atoms with Crippen LogP contribution in [0.5, 0.6) is 5.75 Å². The molecule has 1 aromatic heterocycles. The van der Waals surface area contributed by atoms with E-state index in [2.05, 4.69) is 26.0 Å². The molecule has 0 spiro atoms. The van der Waals surface area contributed by atoms with Gasteiger partial charge in [0.15, 0.2) is 0 Å². The molecule has 3 aromatic carbocycles. The lowest BCUT2D eigenvalue weighted by molar-refractivity contribution is -0.142. The van der Waals surface area contributed by atoms with Crippen molar-refractivity contribution in [2.24, 2.45) is 28.7 Å². The van der Waals surface area contributed by atoms with Crippen molar-refractivity contribution in [3.05, 3.63) is 125 Å². The molecule has 0 saturated heterocycles. The third-order valence-electron chi connectivity index (χ3n) is 9.95. The van der Waals surface area contributed by atoms with Crippen molar-refractivity contribution in [3.63, 3.8) is 0 Å². The van der Waals surface area contributed by atoms with Crippen molar-refractivity contribution in [2.45, 2.75) is 70.0 Å². The van der Waals surface area contributed by atoms with Crippen molar-refractivity contribution in [1.82, 2.24) is 26.4 Å². The third-order valence-corrected chi connectivity index (χ3v) is 10.9. The topological polar surface area (TPSA) is 251 Å². The predicted molar refractivity (Wildman–Crippen MR) is 218 cm³/mol. The lowest BCUT2D eigenvalue weighted by atomic mass is 9.81. The molecule has 0 fully saturated rings. The van der Waals surface area contributed by atoms with E-state index in [4.69, 9.17) is 10.6 Å². The summed E-state index contributed by atoms with van der Waals surface area (Å²) >= 11 is 0. The van der Waals surface area contributed by atoms with Crippen molar-refractivity contribution in [1.29, 1.82) is 0 Å². The molecule has 8 N–H and O–H groups in total. The minimum absolute atomic E-state index is 0.0287. The first-order valence-corrected chi connectivity index (χ1v) is 20.6. The van der Waals surface area contributed by atoms with Gasteiger partial charge in [0.2, 0.25) is 17.7 Å². The number of pyridine rings is 1. The zero-order valence-corrected chi connectivity index (χ0v) is 33.6. The highest BCUT2D eigenvalue weighted by molar-refractivity contribution is 7.85. The Hall–Kier alpha value is -6.17. The first-order chi connectivity index (χ1) is 28.2. The quantitative estimate of drug-likeness (QED) is 0.0338. The highest BCUT2D eigenvalue weighted by Crippen LogP contribution is 2.27. The van der Waals surface area contributed by atoms with E-state index in [0.29, 0.717) is 37.3 Å². The van der Waals surface area contributed by atoms with Crippen LogP contribution in [0.15, 0.2) is 101 Å². The van der Waals surface area contributed by atoms with E-state index in [0.717, 1.165) is 16.7 Å². The van der Waals surface area contributed by atoms with Crippen molar-refractivity contribution in [2.75, 3.05) is 6.61 Å². The Morgan fingerprint density at radius 1 is 0.949 bits per heavy atom. The molecule has 2 aliphatic rings. The molecular weight excluding hydrogens is 779 g/mol. The second-order valence-electron chi connectivity index (χ2n) is 14.7. The Labute approximate surface area is 342 Å². The second kappa shape index (κ2) is 20.5. The molecule has 16 nitrogen and oxygen atoms in total. The van der Waals surface area contributed by atoms with E-state index >= 15 is 0 Å². The molecule has 3 heterocycles. The number of aromatic nitrogens is 1. The summed E-state index contributed by atoms with van der Waals surface area (Å²) in [5.41, 5.74) is 5.18. The first-order valence-electron chi connectivity index (χ1n) is 19.1. The van der Waals surface area contributed by atoms with Gasteiger partial charge in [-0.15, -0.1) is 0 Å². The van der Waals surface area contributed by atoms with E-state index in [1.807, 2.05) is 50.2 Å². The van der Waals surface area contributed by atoms with Gasteiger partial charge in [0, 0.05) is 38.0 Å². The van der Waals surface area contributed by atoms with Gasteiger partial charge in [-0.25, -0.2) is 5.48 Å². The molecule has 6 rings (SSSR count). The largest absolute Gasteiger partial charge is 0.494 e. The predicted octanol–water partition coefficient (Wildman–Crippen LogP) is 3.46. The number of benzene rings is 3. The molecule has 3 unspecified atom stereocenters. The van der Waals surface area contributed by atoms with Crippen molar-refractivity contribution in [3.8, 4) is 5.75 Å². The number of carbonyl (C=O) groups excluding carboxylic acids is 4. The van der Waals surface area contributed by atoms with Crippen LogP contribution in [-0.4, -0.2) is 65.2 Å². The van der Waals surface area contributed by atoms with Gasteiger partial charge >= 0.3 is 0 Å². The monoisotopic (exact) mass is 827 g/mol. The maximum atomic E-state index is 13.8. The van der Waals surface area contributed by atoms with Gasteiger partial charge in [0.05, 0.1) is 34.4 Å². The van der Waals surface area contributed by atoms with Gasteiger partial charge in [0.25, 0.3) is 16.0 Å². The van der Waals surface area contributed by atoms with Crippen molar-refractivity contribution >= 4 is 39.5 Å². The summed E-state index contributed by atoms with van der Waals surface area (Å²) in [6.07, 6.45) is 2.64. The van der Waals surface area contributed by atoms with E-state index in [1.54, 1.807) is 23.7 Å². The maximum Gasteiger partial charge on any atom is 0.294 e. The Kier molecular flexibility index (Phi) is 15.3. The Morgan fingerprint density at radius 2 is 1.63 bits per heavy atom. The normalized spacial score (nSPS) is 17.6. The number of hydrazone groups is 1. The standard InChI is InChI=1S/C42H49N7O9S/c1-26(2)20-34-33(41(52)49-54)7-5-19-58-32-16-13-27(14-17-32)21-37(47-40(34)51)42(53)46-24-29-11-9-28(10-12-29)23-45-39(50)31-15-18-35(44-25-31)36(48-43)22-30-6-3-4-8-38(30)59(55,56)57/h3-4,6,8-18,25-26,33-34,37,54H,5,7,19-24,43H2,1-2H3,(H,45,50)(H,46,53)(H,47,51)(H,49,52)(H,55,56,57). The zero-order chi connectivity index (χ0) is 42.5. The van der Waals surface area contributed by atoms with Gasteiger partial charge in [-0.1, -0.05) is 68.4 Å². The number of hydrogen-bond acceptors (Lipinski definition) is 11. The van der Waals surface area contributed by atoms with Crippen LogP contribution in [0.25, 0.3) is 0 Å². The van der Waals surface area contributed by atoms with E-state index in [-0.39, 0.29) is 53.6 Å². The minimum atomic E-state index is -4.47. The minimum Gasteiger partial charge on any atom is -0.494 e. The lowest BCUT2D eigenvalue weighted by Gasteiger charge is -2.29. The number of carbonyl (C=O) groups is 4. The zero-order valence-electron chi connectivity index (χ0n) is 32.8. The van der Waals surface area contributed by atoms with Gasteiger partial charge in [0.1, 0.15) is 11.8 Å². The fraction of sp³-hybridized carbons (Fsp3) is 0.333. The average molecular weight is 828 g/mol. The van der Waals surface area contributed by atoms with E-state index in [9.17, 15) is 37.4 Å². The smallest absolute Gasteiger partial charge is 0.294 e. The van der Waals surface area contributed by atoms with E-state index in [1.165, 1.54) is 36.5 Å². The molecule has 59 heavy (non-hydrogen) atoms. The van der Waals surface area contributed by atoms with Gasteiger partial charge in [-0.3, -0.25) is 33.9 Å². The molecule has 0 aliphatic carbocycles. The summed E-state index contributed by atoms with van der Waals surface area (Å²) in [5.74, 6) is 2.74. The molecular formula is C42H49N7O9S. The number of fused-ring (bicyclic) bond motifs is 11.